The molecule has 0 aliphatic carbocycles. The molecule has 1 amide bonds. The van der Waals surface area contributed by atoms with Crippen molar-refractivity contribution in [1.29, 1.82) is 0 Å². The van der Waals surface area contributed by atoms with E-state index in [0.717, 1.165) is 0 Å². The Morgan fingerprint density at radius 3 is 2.45 bits per heavy atom. The van der Waals surface area contributed by atoms with E-state index in [2.05, 4.69) is 10.0 Å². The molecule has 5 nitrogen and oxygen atoms in total. The molecule has 3 aromatic carbocycles. The SMILES string of the molecule is O=C(NCCSCc1ccccc1F)c1ccc(Cl)c(S(=O)(=O)Nc2ccccc2)c1. The van der Waals surface area contributed by atoms with Crippen molar-refractivity contribution in [2.24, 2.45) is 0 Å². The summed E-state index contributed by atoms with van der Waals surface area (Å²) in [7, 11) is -3.97. The molecule has 0 unspecified atom stereocenters. The van der Waals surface area contributed by atoms with Crippen LogP contribution in [0.4, 0.5) is 10.1 Å². The van der Waals surface area contributed by atoms with Crippen molar-refractivity contribution in [3.63, 3.8) is 0 Å². The number of anilines is 1. The average molecular weight is 479 g/mol. The molecule has 0 aliphatic rings. The molecule has 0 aromatic heterocycles. The van der Waals surface area contributed by atoms with Gasteiger partial charge in [-0.1, -0.05) is 48.0 Å². The third-order valence-electron chi connectivity index (χ3n) is 4.26. The monoisotopic (exact) mass is 478 g/mol. The summed E-state index contributed by atoms with van der Waals surface area (Å²) < 4.78 is 41.4. The number of sulfonamides is 1. The van der Waals surface area contributed by atoms with Gasteiger partial charge in [0.25, 0.3) is 15.9 Å². The normalized spacial score (nSPS) is 11.2. The summed E-state index contributed by atoms with van der Waals surface area (Å²) in [6.07, 6.45) is 0. The molecule has 3 rings (SSSR count). The highest BCUT2D eigenvalue weighted by Gasteiger charge is 2.20. The fraction of sp³-hybridized carbons (Fsp3) is 0.136. The molecule has 31 heavy (non-hydrogen) atoms. The number of halogens is 2. The van der Waals surface area contributed by atoms with E-state index >= 15 is 0 Å². The molecule has 0 aliphatic heterocycles. The van der Waals surface area contributed by atoms with E-state index in [1.165, 1.54) is 36.0 Å². The maximum atomic E-state index is 13.6. The molecule has 0 bridgehead atoms. The van der Waals surface area contributed by atoms with E-state index in [4.69, 9.17) is 11.6 Å². The lowest BCUT2D eigenvalue weighted by Crippen LogP contribution is -2.26. The van der Waals surface area contributed by atoms with E-state index in [-0.39, 0.29) is 21.3 Å². The Bertz CT molecular complexity index is 1160. The fourth-order valence-corrected chi connectivity index (χ4v) is 5.13. The second-order valence-electron chi connectivity index (χ2n) is 6.52. The van der Waals surface area contributed by atoms with Crippen LogP contribution in [0.1, 0.15) is 15.9 Å². The highest BCUT2D eigenvalue weighted by Crippen LogP contribution is 2.25. The molecule has 0 spiro atoms. The van der Waals surface area contributed by atoms with Gasteiger partial charge in [-0.25, -0.2) is 12.8 Å². The Morgan fingerprint density at radius 2 is 1.71 bits per heavy atom. The number of benzene rings is 3. The number of thioether (sulfide) groups is 1. The number of amides is 1. The minimum atomic E-state index is -3.97. The van der Waals surface area contributed by atoms with Gasteiger partial charge in [-0.2, -0.15) is 11.8 Å². The molecule has 0 saturated carbocycles. The van der Waals surface area contributed by atoms with Gasteiger partial charge >= 0.3 is 0 Å². The summed E-state index contributed by atoms with van der Waals surface area (Å²) >= 11 is 7.57. The van der Waals surface area contributed by atoms with E-state index in [9.17, 15) is 17.6 Å². The van der Waals surface area contributed by atoms with Crippen molar-refractivity contribution in [3.8, 4) is 0 Å². The van der Waals surface area contributed by atoms with Crippen molar-refractivity contribution < 1.29 is 17.6 Å². The zero-order valence-electron chi connectivity index (χ0n) is 16.3. The first kappa shape index (κ1) is 23.1. The smallest absolute Gasteiger partial charge is 0.263 e. The second kappa shape index (κ2) is 10.7. The van der Waals surface area contributed by atoms with Crippen LogP contribution in [-0.4, -0.2) is 26.6 Å². The number of hydrogen-bond donors (Lipinski definition) is 2. The maximum Gasteiger partial charge on any atom is 0.263 e. The van der Waals surface area contributed by atoms with Gasteiger partial charge in [0.2, 0.25) is 0 Å². The third kappa shape index (κ3) is 6.46. The van der Waals surface area contributed by atoms with Crippen LogP contribution in [0.2, 0.25) is 5.02 Å². The second-order valence-corrected chi connectivity index (χ2v) is 9.68. The largest absolute Gasteiger partial charge is 0.351 e. The number of para-hydroxylation sites is 1. The average Bonchev–Trinajstić information content (AvgIpc) is 2.75. The van der Waals surface area contributed by atoms with Gasteiger partial charge in [0.15, 0.2) is 0 Å². The zero-order chi connectivity index (χ0) is 22.3. The molecule has 162 valence electrons. The molecule has 0 heterocycles. The standard InChI is InChI=1S/C22H20ClFN2O3S2/c23-19-11-10-16(14-21(19)31(28,29)26-18-7-2-1-3-8-18)22(27)25-12-13-30-15-17-6-4-5-9-20(17)24/h1-11,14,26H,12-13,15H2,(H,25,27). The van der Waals surface area contributed by atoms with Crippen LogP contribution in [0, 0.1) is 5.82 Å². The summed E-state index contributed by atoms with van der Waals surface area (Å²) in [5, 5.41) is 2.75. The first-order chi connectivity index (χ1) is 14.9. The summed E-state index contributed by atoms with van der Waals surface area (Å²) in [6.45, 7) is 0.352. The van der Waals surface area contributed by atoms with Crippen LogP contribution in [0.3, 0.4) is 0 Å². The van der Waals surface area contributed by atoms with E-state index in [0.29, 0.717) is 29.3 Å². The van der Waals surface area contributed by atoms with Crippen molar-refractivity contribution >= 4 is 45.0 Å². The quantitative estimate of drug-likeness (QED) is 0.427. The van der Waals surface area contributed by atoms with Crippen LogP contribution in [0.15, 0.2) is 77.7 Å². The summed E-state index contributed by atoms with van der Waals surface area (Å²) in [4.78, 5) is 12.3. The van der Waals surface area contributed by atoms with Crippen molar-refractivity contribution in [2.75, 3.05) is 17.0 Å². The summed E-state index contributed by atoms with van der Waals surface area (Å²) in [6, 6.07) is 19.0. The van der Waals surface area contributed by atoms with Crippen LogP contribution >= 0.6 is 23.4 Å². The van der Waals surface area contributed by atoms with E-state index in [1.54, 1.807) is 48.5 Å². The lowest BCUT2D eigenvalue weighted by Gasteiger charge is -2.11. The Morgan fingerprint density at radius 1 is 1.00 bits per heavy atom. The highest BCUT2D eigenvalue weighted by atomic mass is 35.5. The number of hydrogen-bond acceptors (Lipinski definition) is 4. The highest BCUT2D eigenvalue weighted by molar-refractivity contribution is 7.98. The lowest BCUT2D eigenvalue weighted by atomic mass is 10.2. The Hall–Kier alpha value is -2.55. The van der Waals surface area contributed by atoms with Gasteiger partial charge in [0.05, 0.1) is 5.02 Å². The Labute approximate surface area is 190 Å². The summed E-state index contributed by atoms with van der Waals surface area (Å²) in [5.41, 5.74) is 1.18. The fourth-order valence-electron chi connectivity index (χ4n) is 2.70. The van der Waals surface area contributed by atoms with Crippen LogP contribution in [0.5, 0.6) is 0 Å². The van der Waals surface area contributed by atoms with E-state index in [1.807, 2.05) is 0 Å². The minimum absolute atomic E-state index is 0.0143. The van der Waals surface area contributed by atoms with Gasteiger partial charge in [0.1, 0.15) is 10.7 Å². The van der Waals surface area contributed by atoms with Gasteiger partial charge in [-0.05, 0) is 42.0 Å². The molecular formula is C22H20ClFN2O3S2. The van der Waals surface area contributed by atoms with E-state index < -0.39 is 15.9 Å². The first-order valence-electron chi connectivity index (χ1n) is 9.33. The van der Waals surface area contributed by atoms with Gasteiger partial charge < -0.3 is 5.32 Å². The summed E-state index contributed by atoms with van der Waals surface area (Å²) in [5.74, 6) is 0.406. The molecule has 0 atom stereocenters. The maximum absolute atomic E-state index is 13.6. The third-order valence-corrected chi connectivity index (χ3v) is 7.13. The minimum Gasteiger partial charge on any atom is -0.351 e. The molecule has 0 radical (unpaired) electrons. The van der Waals surface area contributed by atoms with Crippen molar-refractivity contribution in [1.82, 2.24) is 5.32 Å². The molecule has 3 aromatic rings. The van der Waals surface area contributed by atoms with Crippen LogP contribution in [-0.2, 0) is 15.8 Å². The van der Waals surface area contributed by atoms with Crippen molar-refractivity contribution in [3.05, 3.63) is 94.8 Å². The predicted molar refractivity (Wildman–Crippen MR) is 124 cm³/mol. The predicted octanol–water partition coefficient (Wildman–Crippen LogP) is 4.94. The van der Waals surface area contributed by atoms with Crippen LogP contribution < -0.4 is 10.0 Å². The molecular weight excluding hydrogens is 459 g/mol. The van der Waals surface area contributed by atoms with Crippen LogP contribution in [0.25, 0.3) is 0 Å². The van der Waals surface area contributed by atoms with Gasteiger partial charge in [0, 0.05) is 29.3 Å². The molecule has 0 saturated heterocycles. The zero-order valence-corrected chi connectivity index (χ0v) is 18.7. The topological polar surface area (TPSA) is 75.3 Å². The van der Waals surface area contributed by atoms with Crippen molar-refractivity contribution in [2.45, 2.75) is 10.6 Å². The number of nitrogens with one attached hydrogen (secondary N) is 2. The number of carbonyl (C=O) groups is 1. The van der Waals surface area contributed by atoms with Gasteiger partial charge in [-0.3, -0.25) is 9.52 Å². The molecule has 0 fully saturated rings. The number of rotatable bonds is 9. The lowest BCUT2D eigenvalue weighted by molar-refractivity contribution is 0.0956. The van der Waals surface area contributed by atoms with Gasteiger partial charge in [-0.15, -0.1) is 0 Å². The Balaban J connectivity index is 1.58. The number of carbonyl (C=O) groups excluding carboxylic acids is 1. The molecule has 9 heteroatoms. The molecule has 2 N–H and O–H groups in total. The first-order valence-corrected chi connectivity index (χ1v) is 12.4. The Kier molecular flexibility index (Phi) is 7.95.